The lowest BCUT2D eigenvalue weighted by molar-refractivity contribution is -0.148. The molecule has 0 unspecified atom stereocenters. The number of carboxylic acids is 1. The quantitative estimate of drug-likeness (QED) is 0.700. The zero-order valence-corrected chi connectivity index (χ0v) is 11.4. The highest BCUT2D eigenvalue weighted by molar-refractivity contribution is 5.84. The molecule has 2 saturated carbocycles. The third-order valence-corrected chi connectivity index (χ3v) is 5.03. The van der Waals surface area contributed by atoms with E-state index in [9.17, 15) is 14.7 Å². The van der Waals surface area contributed by atoms with Crippen molar-refractivity contribution in [3.63, 3.8) is 0 Å². The number of aliphatic carboxylic acids is 1. The van der Waals surface area contributed by atoms with Gasteiger partial charge in [0.2, 0.25) is 5.91 Å². The van der Waals surface area contributed by atoms with Crippen LogP contribution < -0.4 is 11.1 Å². The molecule has 5 heteroatoms. The number of carboxylic acid groups (broad SMARTS) is 1. The molecule has 0 heterocycles. The van der Waals surface area contributed by atoms with E-state index >= 15 is 0 Å². The Morgan fingerprint density at radius 2 is 1.47 bits per heavy atom. The molecule has 2 aliphatic carbocycles. The molecule has 0 spiro atoms. The summed E-state index contributed by atoms with van der Waals surface area (Å²) < 4.78 is 0. The summed E-state index contributed by atoms with van der Waals surface area (Å²) in [4.78, 5) is 23.8. The maximum atomic E-state index is 12.3. The summed E-state index contributed by atoms with van der Waals surface area (Å²) >= 11 is 0. The van der Waals surface area contributed by atoms with E-state index in [-0.39, 0.29) is 12.5 Å². The number of hydrogen-bond acceptors (Lipinski definition) is 3. The average Bonchev–Trinajstić information content (AvgIpc) is 3.06. The topological polar surface area (TPSA) is 92.4 Å². The van der Waals surface area contributed by atoms with Crippen molar-refractivity contribution in [1.29, 1.82) is 0 Å². The predicted molar refractivity (Wildman–Crippen MR) is 71.5 cm³/mol. The van der Waals surface area contributed by atoms with Crippen LogP contribution in [-0.2, 0) is 9.59 Å². The van der Waals surface area contributed by atoms with Crippen LogP contribution in [0.15, 0.2) is 0 Å². The summed E-state index contributed by atoms with van der Waals surface area (Å²) in [6.45, 7) is 0.613. The summed E-state index contributed by atoms with van der Waals surface area (Å²) in [5.74, 6) is -0.821. The van der Waals surface area contributed by atoms with Gasteiger partial charge in [-0.25, -0.2) is 0 Å². The molecule has 0 aromatic carbocycles. The fraction of sp³-hybridized carbons (Fsp3) is 0.857. The normalized spacial score (nSPS) is 24.3. The summed E-state index contributed by atoms with van der Waals surface area (Å²) in [5, 5.41) is 12.3. The molecule has 4 N–H and O–H groups in total. The van der Waals surface area contributed by atoms with Crippen molar-refractivity contribution in [1.82, 2.24) is 5.32 Å². The van der Waals surface area contributed by atoms with Gasteiger partial charge in [-0.2, -0.15) is 0 Å². The van der Waals surface area contributed by atoms with Crippen LogP contribution in [0.25, 0.3) is 0 Å². The van der Waals surface area contributed by atoms with E-state index in [2.05, 4.69) is 5.32 Å². The Balaban J connectivity index is 1.97. The fourth-order valence-corrected chi connectivity index (χ4v) is 3.53. The molecule has 2 fully saturated rings. The van der Waals surface area contributed by atoms with Gasteiger partial charge in [0.25, 0.3) is 0 Å². The molecule has 2 aliphatic rings. The Hall–Kier alpha value is -1.10. The number of carbonyl (C=O) groups excluding carboxylic acids is 1. The monoisotopic (exact) mass is 268 g/mol. The fourth-order valence-electron chi connectivity index (χ4n) is 3.53. The molecule has 0 aromatic heterocycles. The van der Waals surface area contributed by atoms with Gasteiger partial charge >= 0.3 is 5.97 Å². The molecule has 0 saturated heterocycles. The maximum Gasteiger partial charge on any atom is 0.311 e. The lowest BCUT2D eigenvalue weighted by Crippen LogP contribution is -2.49. The van der Waals surface area contributed by atoms with Crippen LogP contribution in [0.1, 0.15) is 51.4 Å². The molecule has 1 amide bonds. The van der Waals surface area contributed by atoms with E-state index in [0.29, 0.717) is 19.4 Å². The zero-order chi connectivity index (χ0) is 13.9. The second-order valence-electron chi connectivity index (χ2n) is 6.17. The summed E-state index contributed by atoms with van der Waals surface area (Å²) in [6.07, 6.45) is 6.93. The summed E-state index contributed by atoms with van der Waals surface area (Å²) in [7, 11) is 0. The highest BCUT2D eigenvalue weighted by atomic mass is 16.4. The van der Waals surface area contributed by atoms with Crippen LogP contribution in [0.3, 0.4) is 0 Å². The Morgan fingerprint density at radius 1 is 1.00 bits per heavy atom. The van der Waals surface area contributed by atoms with Crippen LogP contribution in [-0.4, -0.2) is 30.1 Å². The number of nitrogens with one attached hydrogen (secondary N) is 1. The molecule has 0 bridgehead atoms. The molecule has 2 rings (SSSR count). The van der Waals surface area contributed by atoms with Crippen LogP contribution >= 0.6 is 0 Å². The SMILES string of the molecule is NCC1(C(=O)NCC2(C(=O)O)CCCC2)CCCC1. The molecular weight excluding hydrogens is 244 g/mol. The molecule has 108 valence electrons. The first kappa shape index (κ1) is 14.3. The third kappa shape index (κ3) is 2.61. The Kier molecular flexibility index (Phi) is 4.13. The van der Waals surface area contributed by atoms with Crippen molar-refractivity contribution in [3.05, 3.63) is 0 Å². The van der Waals surface area contributed by atoms with Gasteiger partial charge in [0.05, 0.1) is 10.8 Å². The van der Waals surface area contributed by atoms with E-state index in [1.807, 2.05) is 0 Å². The minimum absolute atomic E-state index is 0.0416. The minimum Gasteiger partial charge on any atom is -0.481 e. The van der Waals surface area contributed by atoms with Gasteiger partial charge in [-0.05, 0) is 25.7 Å². The van der Waals surface area contributed by atoms with E-state index in [0.717, 1.165) is 38.5 Å². The lowest BCUT2D eigenvalue weighted by Gasteiger charge is -2.29. The van der Waals surface area contributed by atoms with Gasteiger partial charge in [0.1, 0.15) is 0 Å². The number of carbonyl (C=O) groups is 2. The highest BCUT2D eigenvalue weighted by Crippen LogP contribution is 2.40. The van der Waals surface area contributed by atoms with Gasteiger partial charge in [0.15, 0.2) is 0 Å². The van der Waals surface area contributed by atoms with Gasteiger partial charge < -0.3 is 16.2 Å². The van der Waals surface area contributed by atoms with Crippen molar-refractivity contribution in [2.45, 2.75) is 51.4 Å². The van der Waals surface area contributed by atoms with Crippen molar-refractivity contribution >= 4 is 11.9 Å². The van der Waals surface area contributed by atoms with E-state index < -0.39 is 16.8 Å². The molecule has 0 atom stereocenters. The second-order valence-corrected chi connectivity index (χ2v) is 6.17. The van der Waals surface area contributed by atoms with Crippen molar-refractivity contribution in [2.75, 3.05) is 13.1 Å². The Labute approximate surface area is 113 Å². The van der Waals surface area contributed by atoms with Crippen LogP contribution in [0.2, 0.25) is 0 Å². The van der Waals surface area contributed by atoms with E-state index in [1.165, 1.54) is 0 Å². The van der Waals surface area contributed by atoms with Crippen molar-refractivity contribution in [3.8, 4) is 0 Å². The van der Waals surface area contributed by atoms with E-state index in [4.69, 9.17) is 5.73 Å². The van der Waals surface area contributed by atoms with Crippen LogP contribution in [0, 0.1) is 10.8 Å². The van der Waals surface area contributed by atoms with Gasteiger partial charge in [-0.3, -0.25) is 9.59 Å². The smallest absolute Gasteiger partial charge is 0.311 e. The van der Waals surface area contributed by atoms with Crippen LogP contribution in [0.4, 0.5) is 0 Å². The first-order valence-electron chi connectivity index (χ1n) is 7.26. The Morgan fingerprint density at radius 3 is 1.89 bits per heavy atom. The summed E-state index contributed by atoms with van der Waals surface area (Å²) in [6, 6.07) is 0. The second kappa shape index (κ2) is 5.49. The van der Waals surface area contributed by atoms with Gasteiger partial charge in [-0.1, -0.05) is 25.7 Å². The first-order chi connectivity index (χ1) is 9.05. The molecule has 0 aliphatic heterocycles. The predicted octanol–water partition coefficient (Wildman–Crippen LogP) is 1.27. The molecule has 0 radical (unpaired) electrons. The molecule has 0 aromatic rings. The van der Waals surface area contributed by atoms with Gasteiger partial charge in [-0.15, -0.1) is 0 Å². The van der Waals surface area contributed by atoms with Crippen molar-refractivity contribution < 1.29 is 14.7 Å². The van der Waals surface area contributed by atoms with E-state index in [1.54, 1.807) is 0 Å². The number of nitrogens with two attached hydrogens (primary N) is 1. The number of hydrogen-bond donors (Lipinski definition) is 3. The van der Waals surface area contributed by atoms with Crippen LogP contribution in [0.5, 0.6) is 0 Å². The lowest BCUT2D eigenvalue weighted by atomic mass is 9.83. The third-order valence-electron chi connectivity index (χ3n) is 5.03. The van der Waals surface area contributed by atoms with Gasteiger partial charge in [0, 0.05) is 13.1 Å². The Bertz CT molecular complexity index is 356. The molecule has 19 heavy (non-hydrogen) atoms. The largest absolute Gasteiger partial charge is 0.481 e. The summed E-state index contributed by atoms with van der Waals surface area (Å²) in [5.41, 5.74) is 4.58. The first-order valence-corrected chi connectivity index (χ1v) is 7.26. The zero-order valence-electron chi connectivity index (χ0n) is 11.4. The number of amides is 1. The minimum atomic E-state index is -0.779. The molecule has 5 nitrogen and oxygen atoms in total. The number of rotatable bonds is 5. The van der Waals surface area contributed by atoms with Crippen molar-refractivity contribution in [2.24, 2.45) is 16.6 Å². The average molecular weight is 268 g/mol. The standard InChI is InChI=1S/C14H24N2O3/c15-9-13(5-1-2-6-13)11(17)16-10-14(12(18)19)7-3-4-8-14/h1-10,15H2,(H,16,17)(H,18,19). The highest BCUT2D eigenvalue weighted by Gasteiger charge is 2.44. The molecular formula is C14H24N2O3. The maximum absolute atomic E-state index is 12.3.